The number of aryl methyl sites for hydroxylation is 1. The molecule has 0 fully saturated rings. The molecule has 1 atom stereocenters. The van der Waals surface area contributed by atoms with Gasteiger partial charge < -0.3 is 5.32 Å². The van der Waals surface area contributed by atoms with Gasteiger partial charge >= 0.3 is 0 Å². The Morgan fingerprint density at radius 1 is 1.27 bits per heavy atom. The van der Waals surface area contributed by atoms with Crippen molar-refractivity contribution in [3.63, 3.8) is 0 Å². The van der Waals surface area contributed by atoms with Crippen LogP contribution in [0.25, 0.3) is 0 Å². The zero-order chi connectivity index (χ0) is 11.1. The molecule has 0 aliphatic heterocycles. The highest BCUT2D eigenvalue weighted by Gasteiger charge is 2.10. The van der Waals surface area contributed by atoms with Crippen molar-refractivity contribution in [3.8, 4) is 0 Å². The van der Waals surface area contributed by atoms with Gasteiger partial charge in [-0.2, -0.15) is 0 Å². The molecule has 2 heteroatoms. The third-order valence-electron chi connectivity index (χ3n) is 2.80. The molecule has 1 aromatic rings. The summed E-state index contributed by atoms with van der Waals surface area (Å²) in [4.78, 5) is 2.91. The van der Waals surface area contributed by atoms with E-state index in [2.05, 4.69) is 38.3 Å². The molecular weight excluding hydrogens is 202 g/mol. The van der Waals surface area contributed by atoms with E-state index in [1.807, 2.05) is 11.3 Å². The normalized spacial score (nSPS) is 13.0. The first-order valence-electron chi connectivity index (χ1n) is 6.01. The van der Waals surface area contributed by atoms with Crippen molar-refractivity contribution < 1.29 is 0 Å². The molecule has 0 bridgehead atoms. The Morgan fingerprint density at radius 3 is 2.60 bits per heavy atom. The Labute approximate surface area is 97.9 Å². The van der Waals surface area contributed by atoms with Crippen LogP contribution in [-0.2, 0) is 0 Å². The monoisotopic (exact) mass is 225 g/mol. The number of hydrogen-bond donors (Lipinski definition) is 1. The lowest BCUT2D eigenvalue weighted by atomic mass is 10.1. The van der Waals surface area contributed by atoms with E-state index < -0.39 is 0 Å². The van der Waals surface area contributed by atoms with E-state index in [1.165, 1.54) is 41.9 Å². The highest BCUT2D eigenvalue weighted by Crippen LogP contribution is 2.26. The van der Waals surface area contributed by atoms with Crippen LogP contribution in [-0.4, -0.2) is 7.05 Å². The van der Waals surface area contributed by atoms with Crippen LogP contribution < -0.4 is 5.32 Å². The van der Waals surface area contributed by atoms with Crippen molar-refractivity contribution in [2.75, 3.05) is 7.05 Å². The lowest BCUT2D eigenvalue weighted by Crippen LogP contribution is -2.14. The first-order valence-corrected chi connectivity index (χ1v) is 6.83. The predicted molar refractivity (Wildman–Crippen MR) is 69.6 cm³/mol. The molecular formula is C13H23NS. The van der Waals surface area contributed by atoms with Gasteiger partial charge in [0.25, 0.3) is 0 Å². The van der Waals surface area contributed by atoms with Gasteiger partial charge in [-0.05, 0) is 32.5 Å². The first kappa shape index (κ1) is 12.7. The van der Waals surface area contributed by atoms with E-state index in [-0.39, 0.29) is 0 Å². The van der Waals surface area contributed by atoms with Crippen molar-refractivity contribution in [2.24, 2.45) is 0 Å². The first-order chi connectivity index (χ1) is 7.27. The third kappa shape index (κ3) is 4.35. The number of unbranched alkanes of at least 4 members (excludes halogenated alkanes) is 3. The van der Waals surface area contributed by atoms with Crippen molar-refractivity contribution in [1.29, 1.82) is 0 Å². The number of nitrogens with one attached hydrogen (secondary N) is 1. The Bertz CT molecular complexity index is 267. The fourth-order valence-electron chi connectivity index (χ4n) is 1.84. The summed E-state index contributed by atoms with van der Waals surface area (Å²) in [5.41, 5.74) is 0. The van der Waals surface area contributed by atoms with Crippen LogP contribution in [0.3, 0.4) is 0 Å². The molecule has 1 nitrogen and oxygen atoms in total. The zero-order valence-corrected chi connectivity index (χ0v) is 11.0. The van der Waals surface area contributed by atoms with Gasteiger partial charge in [0, 0.05) is 15.8 Å². The van der Waals surface area contributed by atoms with E-state index in [4.69, 9.17) is 0 Å². The second kappa shape index (κ2) is 7.02. The molecule has 0 saturated carbocycles. The molecule has 0 amide bonds. The molecule has 0 aliphatic rings. The molecule has 1 rings (SSSR count). The van der Waals surface area contributed by atoms with E-state index in [9.17, 15) is 0 Å². The Hall–Kier alpha value is -0.340. The quantitative estimate of drug-likeness (QED) is 0.683. The maximum absolute atomic E-state index is 3.42. The second-order valence-electron chi connectivity index (χ2n) is 4.14. The standard InChI is InChI=1S/C13H23NS/c1-4-5-6-7-8-12(14-3)13-10-9-11(2)15-13/h9-10,12,14H,4-8H2,1-3H3. The Kier molecular flexibility index (Phi) is 5.96. The van der Waals surface area contributed by atoms with Crippen molar-refractivity contribution in [2.45, 2.75) is 52.0 Å². The molecule has 15 heavy (non-hydrogen) atoms. The molecule has 1 unspecified atom stereocenters. The Balaban J connectivity index is 2.35. The van der Waals surface area contributed by atoms with Crippen LogP contribution in [0, 0.1) is 6.92 Å². The lowest BCUT2D eigenvalue weighted by molar-refractivity contribution is 0.511. The summed E-state index contributed by atoms with van der Waals surface area (Å²) >= 11 is 1.92. The molecule has 0 spiro atoms. The van der Waals surface area contributed by atoms with Gasteiger partial charge in [0.2, 0.25) is 0 Å². The SMILES string of the molecule is CCCCCCC(NC)c1ccc(C)s1. The second-order valence-corrected chi connectivity index (χ2v) is 5.46. The van der Waals surface area contributed by atoms with Crippen molar-refractivity contribution in [3.05, 3.63) is 21.9 Å². The maximum atomic E-state index is 3.42. The topological polar surface area (TPSA) is 12.0 Å². The average molecular weight is 225 g/mol. The Morgan fingerprint density at radius 2 is 2.07 bits per heavy atom. The van der Waals surface area contributed by atoms with Crippen LogP contribution in [0.1, 0.15) is 54.8 Å². The minimum Gasteiger partial charge on any atom is -0.312 e. The summed E-state index contributed by atoms with van der Waals surface area (Å²) < 4.78 is 0. The van der Waals surface area contributed by atoms with Gasteiger partial charge in [-0.3, -0.25) is 0 Å². The van der Waals surface area contributed by atoms with Gasteiger partial charge in [-0.25, -0.2) is 0 Å². The molecule has 1 aromatic heterocycles. The van der Waals surface area contributed by atoms with Gasteiger partial charge in [0.05, 0.1) is 0 Å². The maximum Gasteiger partial charge on any atom is 0.0412 e. The van der Waals surface area contributed by atoms with E-state index in [0.717, 1.165) is 0 Å². The third-order valence-corrected chi connectivity index (χ3v) is 3.91. The average Bonchev–Trinajstić information content (AvgIpc) is 2.65. The van der Waals surface area contributed by atoms with Gasteiger partial charge in [0.15, 0.2) is 0 Å². The van der Waals surface area contributed by atoms with Gasteiger partial charge in [0.1, 0.15) is 0 Å². The number of hydrogen-bond acceptors (Lipinski definition) is 2. The summed E-state index contributed by atoms with van der Waals surface area (Å²) in [6, 6.07) is 5.05. The smallest absolute Gasteiger partial charge is 0.0412 e. The summed E-state index contributed by atoms with van der Waals surface area (Å²) in [5, 5.41) is 3.42. The molecule has 1 N–H and O–H groups in total. The van der Waals surface area contributed by atoms with Crippen LogP contribution in [0.5, 0.6) is 0 Å². The molecule has 0 aromatic carbocycles. The molecule has 0 aliphatic carbocycles. The summed E-state index contributed by atoms with van der Waals surface area (Å²) in [7, 11) is 2.07. The van der Waals surface area contributed by atoms with Gasteiger partial charge in [-0.1, -0.05) is 32.6 Å². The molecule has 1 heterocycles. The minimum absolute atomic E-state index is 0.570. The number of rotatable bonds is 7. The number of thiophene rings is 1. The highest BCUT2D eigenvalue weighted by atomic mass is 32.1. The minimum atomic E-state index is 0.570. The van der Waals surface area contributed by atoms with Crippen LogP contribution in [0.4, 0.5) is 0 Å². The lowest BCUT2D eigenvalue weighted by Gasteiger charge is -2.14. The van der Waals surface area contributed by atoms with Crippen LogP contribution in [0.15, 0.2) is 12.1 Å². The highest BCUT2D eigenvalue weighted by molar-refractivity contribution is 7.12. The largest absolute Gasteiger partial charge is 0.312 e. The fraction of sp³-hybridized carbons (Fsp3) is 0.692. The van der Waals surface area contributed by atoms with Crippen LogP contribution in [0.2, 0.25) is 0 Å². The van der Waals surface area contributed by atoms with Crippen molar-refractivity contribution >= 4 is 11.3 Å². The van der Waals surface area contributed by atoms with Gasteiger partial charge in [-0.15, -0.1) is 11.3 Å². The summed E-state index contributed by atoms with van der Waals surface area (Å²) in [6.07, 6.45) is 6.69. The van der Waals surface area contributed by atoms with E-state index in [1.54, 1.807) is 0 Å². The predicted octanol–water partition coefficient (Wildman–Crippen LogP) is 4.29. The van der Waals surface area contributed by atoms with E-state index in [0.29, 0.717) is 6.04 Å². The molecule has 0 saturated heterocycles. The molecule has 86 valence electrons. The summed E-state index contributed by atoms with van der Waals surface area (Å²) in [6.45, 7) is 4.44. The summed E-state index contributed by atoms with van der Waals surface area (Å²) in [5.74, 6) is 0. The fourth-order valence-corrected chi connectivity index (χ4v) is 2.87. The van der Waals surface area contributed by atoms with E-state index >= 15 is 0 Å². The van der Waals surface area contributed by atoms with Crippen LogP contribution >= 0.6 is 11.3 Å². The zero-order valence-electron chi connectivity index (χ0n) is 10.2. The van der Waals surface area contributed by atoms with Crippen molar-refractivity contribution in [1.82, 2.24) is 5.32 Å². The molecule has 0 radical (unpaired) electrons.